The second kappa shape index (κ2) is 5.53. The van der Waals surface area contributed by atoms with E-state index in [1.165, 1.54) is 0 Å². The van der Waals surface area contributed by atoms with Gasteiger partial charge < -0.3 is 10.6 Å². The normalized spacial score (nSPS) is 10.6. The minimum absolute atomic E-state index is 0.242. The van der Waals surface area contributed by atoms with Crippen LogP contribution in [0.15, 0.2) is 24.3 Å². The first-order valence-electron chi connectivity index (χ1n) is 6.29. The van der Waals surface area contributed by atoms with Crippen LogP contribution in [0.3, 0.4) is 0 Å². The van der Waals surface area contributed by atoms with Gasteiger partial charge in [0.2, 0.25) is 5.95 Å². The zero-order chi connectivity index (χ0) is 13.8. The molecule has 0 saturated heterocycles. The van der Waals surface area contributed by atoms with Crippen molar-refractivity contribution >= 4 is 22.7 Å². The van der Waals surface area contributed by atoms with Crippen molar-refractivity contribution in [1.82, 2.24) is 9.97 Å². The number of rotatable bonds is 4. The third kappa shape index (κ3) is 2.74. The second-order valence-corrected chi connectivity index (χ2v) is 4.62. The summed E-state index contributed by atoms with van der Waals surface area (Å²) >= 11 is 0. The highest BCUT2D eigenvalue weighted by atomic mass is 15.2. The molecule has 19 heavy (non-hydrogen) atoms. The minimum atomic E-state index is 0.242. The maximum Gasteiger partial charge on any atom is 0.222 e. The molecular formula is C14H17N5. The SMILES string of the molecule is CC(C)N(CCC#N)c1nc(N)nc2ccccc12. The Morgan fingerprint density at radius 3 is 2.74 bits per heavy atom. The van der Waals surface area contributed by atoms with Crippen LogP contribution in [0.5, 0.6) is 0 Å². The summed E-state index contributed by atoms with van der Waals surface area (Å²) in [5.41, 5.74) is 6.60. The van der Waals surface area contributed by atoms with Crippen molar-refractivity contribution in [2.75, 3.05) is 17.2 Å². The molecule has 5 nitrogen and oxygen atoms in total. The highest BCUT2D eigenvalue weighted by Gasteiger charge is 2.16. The molecule has 5 heteroatoms. The molecule has 0 aliphatic heterocycles. The molecule has 0 bridgehead atoms. The smallest absolute Gasteiger partial charge is 0.222 e. The second-order valence-electron chi connectivity index (χ2n) is 4.62. The Bertz CT molecular complexity index is 615. The van der Waals surface area contributed by atoms with Crippen molar-refractivity contribution in [2.24, 2.45) is 0 Å². The largest absolute Gasteiger partial charge is 0.368 e. The van der Waals surface area contributed by atoms with Crippen molar-refractivity contribution in [3.8, 4) is 6.07 Å². The van der Waals surface area contributed by atoms with E-state index in [2.05, 4.69) is 34.8 Å². The number of nitriles is 1. The molecule has 2 N–H and O–H groups in total. The third-order valence-corrected chi connectivity index (χ3v) is 2.96. The lowest BCUT2D eigenvalue weighted by Crippen LogP contribution is -2.32. The fourth-order valence-corrected chi connectivity index (χ4v) is 2.08. The van der Waals surface area contributed by atoms with E-state index >= 15 is 0 Å². The van der Waals surface area contributed by atoms with Gasteiger partial charge in [-0.25, -0.2) is 4.98 Å². The van der Waals surface area contributed by atoms with Crippen LogP contribution in [0.1, 0.15) is 20.3 Å². The topological polar surface area (TPSA) is 78.8 Å². The standard InChI is InChI=1S/C14H17N5/c1-10(2)19(9-5-8-15)13-11-6-3-4-7-12(11)17-14(16)18-13/h3-4,6-7,10H,5,9H2,1-2H3,(H2,16,17,18). The summed E-state index contributed by atoms with van der Waals surface area (Å²) in [6, 6.07) is 10.2. The molecule has 0 spiro atoms. The van der Waals surface area contributed by atoms with Crippen LogP contribution >= 0.6 is 0 Å². The molecule has 1 heterocycles. The van der Waals surface area contributed by atoms with Crippen molar-refractivity contribution in [3.63, 3.8) is 0 Å². The molecule has 2 aromatic rings. The van der Waals surface area contributed by atoms with Crippen LogP contribution in [0.2, 0.25) is 0 Å². The summed E-state index contributed by atoms with van der Waals surface area (Å²) in [5, 5.41) is 9.74. The fourth-order valence-electron chi connectivity index (χ4n) is 2.08. The molecule has 0 aliphatic rings. The molecule has 0 amide bonds. The number of nitrogen functional groups attached to an aromatic ring is 1. The quantitative estimate of drug-likeness (QED) is 0.907. The maximum absolute atomic E-state index is 8.78. The van der Waals surface area contributed by atoms with Gasteiger partial charge >= 0.3 is 0 Å². The van der Waals surface area contributed by atoms with Gasteiger partial charge in [-0.1, -0.05) is 12.1 Å². The van der Waals surface area contributed by atoms with Crippen LogP contribution in [0.25, 0.3) is 10.9 Å². The van der Waals surface area contributed by atoms with Crippen molar-refractivity contribution in [1.29, 1.82) is 5.26 Å². The van der Waals surface area contributed by atoms with Crippen LogP contribution in [-0.2, 0) is 0 Å². The van der Waals surface area contributed by atoms with E-state index in [4.69, 9.17) is 11.0 Å². The first-order chi connectivity index (χ1) is 9.13. The van der Waals surface area contributed by atoms with Crippen LogP contribution < -0.4 is 10.6 Å². The Balaban J connectivity index is 2.55. The Labute approximate surface area is 112 Å². The van der Waals surface area contributed by atoms with E-state index in [9.17, 15) is 0 Å². The van der Waals surface area contributed by atoms with Gasteiger partial charge in [0.15, 0.2) is 0 Å². The highest BCUT2D eigenvalue weighted by Crippen LogP contribution is 2.26. The molecule has 1 aromatic carbocycles. The molecular weight excluding hydrogens is 238 g/mol. The van der Waals surface area contributed by atoms with Gasteiger partial charge in [0.1, 0.15) is 5.82 Å². The maximum atomic E-state index is 8.78. The van der Waals surface area contributed by atoms with Gasteiger partial charge in [0.25, 0.3) is 0 Å². The zero-order valence-corrected chi connectivity index (χ0v) is 11.2. The fraction of sp³-hybridized carbons (Fsp3) is 0.357. The van der Waals surface area contributed by atoms with E-state index in [1.54, 1.807) is 0 Å². The number of para-hydroxylation sites is 1. The molecule has 1 aromatic heterocycles. The lowest BCUT2D eigenvalue weighted by atomic mass is 10.2. The van der Waals surface area contributed by atoms with E-state index < -0.39 is 0 Å². The van der Waals surface area contributed by atoms with E-state index in [1.807, 2.05) is 24.3 Å². The van der Waals surface area contributed by atoms with E-state index in [-0.39, 0.29) is 12.0 Å². The van der Waals surface area contributed by atoms with Crippen LogP contribution in [0.4, 0.5) is 11.8 Å². The molecule has 2 rings (SSSR count). The van der Waals surface area contributed by atoms with Crippen molar-refractivity contribution in [2.45, 2.75) is 26.3 Å². The average Bonchev–Trinajstić information content (AvgIpc) is 2.38. The summed E-state index contributed by atoms with van der Waals surface area (Å²) in [4.78, 5) is 10.7. The Hall–Kier alpha value is -2.35. The number of nitrogens with two attached hydrogens (primary N) is 1. The summed E-state index contributed by atoms with van der Waals surface area (Å²) in [6.45, 7) is 4.78. The number of anilines is 2. The van der Waals surface area contributed by atoms with Gasteiger partial charge in [-0.05, 0) is 26.0 Å². The first-order valence-corrected chi connectivity index (χ1v) is 6.29. The first kappa shape index (κ1) is 13.1. The molecule has 0 aliphatic carbocycles. The van der Waals surface area contributed by atoms with Gasteiger partial charge in [-0.3, -0.25) is 0 Å². The average molecular weight is 255 g/mol. The summed E-state index contributed by atoms with van der Waals surface area (Å²) < 4.78 is 0. The van der Waals surface area contributed by atoms with E-state index in [0.29, 0.717) is 13.0 Å². The Kier molecular flexibility index (Phi) is 3.81. The molecule has 0 saturated carbocycles. The molecule has 98 valence electrons. The number of aromatic nitrogens is 2. The molecule has 0 fully saturated rings. The number of nitrogens with zero attached hydrogens (tertiary/aromatic N) is 4. The number of benzene rings is 1. The number of hydrogen-bond donors (Lipinski definition) is 1. The zero-order valence-electron chi connectivity index (χ0n) is 11.2. The summed E-state index contributed by atoms with van der Waals surface area (Å²) in [6.07, 6.45) is 0.455. The highest BCUT2D eigenvalue weighted by molar-refractivity contribution is 5.90. The van der Waals surface area contributed by atoms with Crippen molar-refractivity contribution in [3.05, 3.63) is 24.3 Å². The van der Waals surface area contributed by atoms with Crippen LogP contribution in [0, 0.1) is 11.3 Å². The predicted octanol–water partition coefficient (Wildman–Crippen LogP) is 2.34. The Morgan fingerprint density at radius 2 is 2.05 bits per heavy atom. The lowest BCUT2D eigenvalue weighted by Gasteiger charge is -2.28. The number of hydrogen-bond acceptors (Lipinski definition) is 5. The summed E-state index contributed by atoms with van der Waals surface area (Å²) in [7, 11) is 0. The molecule has 0 atom stereocenters. The van der Waals surface area contributed by atoms with Gasteiger partial charge in [-0.2, -0.15) is 10.2 Å². The van der Waals surface area contributed by atoms with E-state index in [0.717, 1.165) is 16.7 Å². The molecule has 0 radical (unpaired) electrons. The molecule has 0 unspecified atom stereocenters. The monoisotopic (exact) mass is 255 g/mol. The van der Waals surface area contributed by atoms with Gasteiger partial charge in [0, 0.05) is 18.0 Å². The van der Waals surface area contributed by atoms with Gasteiger partial charge in [0.05, 0.1) is 18.0 Å². The Morgan fingerprint density at radius 1 is 1.32 bits per heavy atom. The van der Waals surface area contributed by atoms with Crippen molar-refractivity contribution < 1.29 is 0 Å². The van der Waals surface area contributed by atoms with Crippen LogP contribution in [-0.4, -0.2) is 22.6 Å². The minimum Gasteiger partial charge on any atom is -0.368 e. The lowest BCUT2D eigenvalue weighted by molar-refractivity contribution is 0.680. The third-order valence-electron chi connectivity index (χ3n) is 2.96. The number of fused-ring (bicyclic) bond motifs is 1. The predicted molar refractivity (Wildman–Crippen MR) is 76.7 cm³/mol. The summed E-state index contributed by atoms with van der Waals surface area (Å²) in [5.74, 6) is 1.06. The van der Waals surface area contributed by atoms with Gasteiger partial charge in [-0.15, -0.1) is 0 Å².